The van der Waals surface area contributed by atoms with Gasteiger partial charge >= 0.3 is 11.7 Å². The molecule has 42 heavy (non-hydrogen) atoms. The number of carbonyl (C=O) groups is 2. The number of amides is 1. The number of nitrogens with zero attached hydrogens (tertiary/aromatic N) is 2. The number of fused-ring (bicyclic) bond motifs is 1. The highest BCUT2D eigenvalue weighted by atomic mass is 16.6. The standard InChI is InChI=1S/C34H46N2O6/c1-8-12-26-20-28-31(42-34(39)36(28)22(5)6)27(13-9-2)29(26)41-30(25-16-14-24(15-17-25)21(3)4)33(38)40-23(7)32(37)35-18-10-11-19-35/h14-17,20-23,30H,8-13,18-19H2,1-7H3. The molecule has 0 spiro atoms. The Morgan fingerprint density at radius 2 is 1.55 bits per heavy atom. The molecule has 1 aliphatic rings. The van der Waals surface area contributed by atoms with Gasteiger partial charge < -0.3 is 18.8 Å². The molecule has 0 radical (unpaired) electrons. The van der Waals surface area contributed by atoms with Crippen molar-refractivity contribution in [2.45, 2.75) is 111 Å². The van der Waals surface area contributed by atoms with Gasteiger partial charge in [0.2, 0.25) is 6.10 Å². The summed E-state index contributed by atoms with van der Waals surface area (Å²) in [5, 5.41) is 0. The second-order valence-corrected chi connectivity index (χ2v) is 12.0. The second kappa shape index (κ2) is 13.6. The van der Waals surface area contributed by atoms with Crippen LogP contribution in [0.2, 0.25) is 0 Å². The van der Waals surface area contributed by atoms with E-state index in [1.165, 1.54) is 0 Å². The van der Waals surface area contributed by atoms with Crippen LogP contribution in [0, 0.1) is 0 Å². The van der Waals surface area contributed by atoms with Crippen molar-refractivity contribution < 1.29 is 23.5 Å². The molecule has 1 aromatic heterocycles. The van der Waals surface area contributed by atoms with Gasteiger partial charge in [-0.1, -0.05) is 64.8 Å². The molecule has 4 rings (SSSR count). The fourth-order valence-electron chi connectivity index (χ4n) is 5.75. The zero-order valence-corrected chi connectivity index (χ0v) is 26.2. The number of esters is 1. The maximum atomic E-state index is 13.9. The van der Waals surface area contributed by atoms with Gasteiger partial charge in [0.05, 0.1) is 5.52 Å². The van der Waals surface area contributed by atoms with E-state index >= 15 is 0 Å². The van der Waals surface area contributed by atoms with E-state index in [2.05, 4.69) is 27.7 Å². The molecular formula is C34H46N2O6. The fraction of sp³-hybridized carbons (Fsp3) is 0.559. The van der Waals surface area contributed by atoms with Crippen molar-refractivity contribution in [1.82, 2.24) is 9.47 Å². The third kappa shape index (κ3) is 6.58. The van der Waals surface area contributed by atoms with Crippen LogP contribution in [-0.2, 0) is 27.2 Å². The number of oxazole rings is 1. The van der Waals surface area contributed by atoms with Crippen molar-refractivity contribution in [3.63, 3.8) is 0 Å². The SMILES string of the molecule is CCCc1cc2c(oc(=O)n2C(C)C)c(CCC)c1OC(C(=O)OC(C)C(=O)N1CCCC1)c1ccc(C(C)C)cc1. The van der Waals surface area contributed by atoms with Gasteiger partial charge in [0.15, 0.2) is 11.7 Å². The third-order valence-corrected chi connectivity index (χ3v) is 7.98. The summed E-state index contributed by atoms with van der Waals surface area (Å²) in [6.07, 6.45) is 2.80. The normalized spacial score (nSPS) is 15.0. The van der Waals surface area contributed by atoms with Crippen molar-refractivity contribution in [3.8, 4) is 5.75 Å². The smallest absolute Gasteiger partial charge is 0.420 e. The molecular weight excluding hydrogens is 532 g/mol. The molecule has 2 aromatic carbocycles. The number of hydrogen-bond acceptors (Lipinski definition) is 6. The molecule has 1 amide bonds. The van der Waals surface area contributed by atoms with Crippen LogP contribution in [0.5, 0.6) is 5.75 Å². The summed E-state index contributed by atoms with van der Waals surface area (Å²) in [5.41, 5.74) is 4.68. The Morgan fingerprint density at radius 3 is 2.12 bits per heavy atom. The molecule has 2 heterocycles. The summed E-state index contributed by atoms with van der Waals surface area (Å²) in [7, 11) is 0. The minimum Gasteiger partial charge on any atom is -0.473 e. The van der Waals surface area contributed by atoms with Crippen LogP contribution < -0.4 is 10.5 Å². The highest BCUT2D eigenvalue weighted by Crippen LogP contribution is 2.38. The number of likely N-dealkylation sites (tertiary alicyclic amines) is 1. The van der Waals surface area contributed by atoms with Gasteiger partial charge in [-0.2, -0.15) is 0 Å². The summed E-state index contributed by atoms with van der Waals surface area (Å²) in [5.74, 6) is -0.355. The van der Waals surface area contributed by atoms with Gasteiger partial charge in [-0.05, 0) is 69.6 Å². The van der Waals surface area contributed by atoms with E-state index in [0.717, 1.165) is 47.9 Å². The average Bonchev–Trinajstić information content (AvgIpc) is 3.60. The zero-order valence-electron chi connectivity index (χ0n) is 26.2. The maximum Gasteiger partial charge on any atom is 0.420 e. The van der Waals surface area contributed by atoms with E-state index in [0.29, 0.717) is 48.7 Å². The monoisotopic (exact) mass is 578 g/mol. The van der Waals surface area contributed by atoms with Crippen LogP contribution >= 0.6 is 0 Å². The summed E-state index contributed by atoms with van der Waals surface area (Å²) in [4.78, 5) is 41.5. The summed E-state index contributed by atoms with van der Waals surface area (Å²) < 4.78 is 20.0. The first kappa shape index (κ1) is 31.4. The number of benzene rings is 2. The molecule has 0 bridgehead atoms. The Hall–Kier alpha value is -3.55. The highest BCUT2D eigenvalue weighted by molar-refractivity contribution is 5.86. The van der Waals surface area contributed by atoms with E-state index in [-0.39, 0.29) is 11.9 Å². The largest absolute Gasteiger partial charge is 0.473 e. The Bertz CT molecular complexity index is 1440. The fourth-order valence-corrected chi connectivity index (χ4v) is 5.75. The first-order chi connectivity index (χ1) is 20.1. The molecule has 3 aromatic rings. The van der Waals surface area contributed by atoms with Gasteiger partial charge in [-0.25, -0.2) is 9.59 Å². The molecule has 1 fully saturated rings. The highest BCUT2D eigenvalue weighted by Gasteiger charge is 2.33. The lowest BCUT2D eigenvalue weighted by molar-refractivity contribution is -0.164. The van der Waals surface area contributed by atoms with Crippen LogP contribution in [0.4, 0.5) is 0 Å². The molecule has 8 nitrogen and oxygen atoms in total. The van der Waals surface area contributed by atoms with Gasteiger partial charge in [0.25, 0.3) is 5.91 Å². The number of carbonyl (C=O) groups excluding carboxylic acids is 2. The second-order valence-electron chi connectivity index (χ2n) is 12.0. The topological polar surface area (TPSA) is 91.0 Å². The lowest BCUT2D eigenvalue weighted by Gasteiger charge is -2.25. The number of ether oxygens (including phenoxy) is 2. The van der Waals surface area contributed by atoms with Crippen LogP contribution in [0.25, 0.3) is 11.1 Å². The van der Waals surface area contributed by atoms with Crippen molar-refractivity contribution >= 4 is 23.0 Å². The molecule has 0 saturated carbocycles. The predicted molar refractivity (Wildman–Crippen MR) is 164 cm³/mol. The molecule has 228 valence electrons. The first-order valence-corrected chi connectivity index (χ1v) is 15.5. The lowest BCUT2D eigenvalue weighted by atomic mass is 9.98. The lowest BCUT2D eigenvalue weighted by Crippen LogP contribution is -2.39. The number of aryl methyl sites for hydroxylation is 2. The Labute approximate surface area is 249 Å². The minimum absolute atomic E-state index is 0.0775. The Morgan fingerprint density at radius 1 is 0.929 bits per heavy atom. The average molecular weight is 579 g/mol. The number of hydrogen-bond donors (Lipinski definition) is 0. The van der Waals surface area contributed by atoms with E-state index in [9.17, 15) is 14.4 Å². The first-order valence-electron chi connectivity index (χ1n) is 15.5. The predicted octanol–water partition coefficient (Wildman–Crippen LogP) is 6.88. The molecule has 1 aliphatic heterocycles. The van der Waals surface area contributed by atoms with E-state index in [1.54, 1.807) is 16.4 Å². The van der Waals surface area contributed by atoms with Gasteiger partial charge in [0, 0.05) is 30.3 Å². The van der Waals surface area contributed by atoms with Gasteiger partial charge in [-0.15, -0.1) is 0 Å². The minimum atomic E-state index is -1.11. The summed E-state index contributed by atoms with van der Waals surface area (Å²) in [6, 6.07) is 9.65. The maximum absolute atomic E-state index is 13.9. The van der Waals surface area contributed by atoms with Crippen LogP contribution in [0.15, 0.2) is 39.5 Å². The van der Waals surface area contributed by atoms with E-state index < -0.39 is 23.9 Å². The van der Waals surface area contributed by atoms with E-state index in [1.807, 2.05) is 44.2 Å². The zero-order chi connectivity index (χ0) is 30.6. The van der Waals surface area contributed by atoms with E-state index in [4.69, 9.17) is 13.9 Å². The molecule has 2 unspecified atom stereocenters. The van der Waals surface area contributed by atoms with Crippen molar-refractivity contribution in [2.75, 3.05) is 13.1 Å². The Kier molecular flexibility index (Phi) is 10.2. The van der Waals surface area contributed by atoms with Crippen molar-refractivity contribution in [3.05, 3.63) is 63.1 Å². The van der Waals surface area contributed by atoms with Gasteiger partial charge in [-0.3, -0.25) is 9.36 Å². The van der Waals surface area contributed by atoms with Crippen LogP contribution in [0.3, 0.4) is 0 Å². The summed E-state index contributed by atoms with van der Waals surface area (Å²) in [6.45, 7) is 15.3. The van der Waals surface area contributed by atoms with Crippen molar-refractivity contribution in [2.24, 2.45) is 0 Å². The van der Waals surface area contributed by atoms with Gasteiger partial charge in [0.1, 0.15) is 5.75 Å². The third-order valence-electron chi connectivity index (χ3n) is 7.98. The summed E-state index contributed by atoms with van der Waals surface area (Å²) >= 11 is 0. The molecule has 1 saturated heterocycles. The molecule has 0 N–H and O–H groups in total. The Balaban J connectivity index is 1.81. The quantitative estimate of drug-likeness (QED) is 0.218. The van der Waals surface area contributed by atoms with Crippen LogP contribution in [0.1, 0.15) is 114 Å². The molecule has 0 aliphatic carbocycles. The number of aromatic nitrogens is 1. The molecule has 2 atom stereocenters. The van der Waals surface area contributed by atoms with Crippen LogP contribution in [-0.4, -0.2) is 40.5 Å². The number of rotatable bonds is 12. The molecule has 8 heteroatoms. The van der Waals surface area contributed by atoms with Crippen molar-refractivity contribution in [1.29, 1.82) is 0 Å².